The van der Waals surface area contributed by atoms with Gasteiger partial charge in [0.05, 0.1) is 36.0 Å². The number of halogens is 1. The molecule has 1 atom stereocenters. The molecular weight excluding hydrogens is 462 g/mol. The highest BCUT2D eigenvalue weighted by molar-refractivity contribution is 7.99. The molecule has 3 rings (SSSR count). The molecule has 0 bridgehead atoms. The summed E-state index contributed by atoms with van der Waals surface area (Å²) < 4.78 is 7.04. The van der Waals surface area contributed by atoms with Crippen molar-refractivity contribution in [3.63, 3.8) is 0 Å². The third-order valence-electron chi connectivity index (χ3n) is 4.83. The molecule has 0 fully saturated rings. The molecule has 0 saturated heterocycles. The number of rotatable bonds is 10. The molecule has 8 nitrogen and oxygen atoms in total. The second kappa shape index (κ2) is 11.7. The molecule has 3 aromatic rings. The van der Waals surface area contributed by atoms with Crippen LogP contribution in [-0.2, 0) is 22.6 Å². The number of ether oxygens (including phenoxy) is 1. The van der Waals surface area contributed by atoms with Gasteiger partial charge in [0.15, 0.2) is 11.0 Å². The molecular formula is C23H26ClN5O3S. The van der Waals surface area contributed by atoms with E-state index in [1.165, 1.54) is 11.8 Å². The highest BCUT2D eigenvalue weighted by Gasteiger charge is 2.20. The zero-order chi connectivity index (χ0) is 23.8. The van der Waals surface area contributed by atoms with Crippen LogP contribution in [-0.4, -0.2) is 39.4 Å². The summed E-state index contributed by atoms with van der Waals surface area (Å²) in [7, 11) is 1.60. The molecule has 2 amide bonds. The molecule has 0 aliphatic carbocycles. The number of para-hydroxylation sites is 1. The van der Waals surface area contributed by atoms with Gasteiger partial charge in [-0.3, -0.25) is 9.59 Å². The van der Waals surface area contributed by atoms with E-state index in [-0.39, 0.29) is 30.0 Å². The van der Waals surface area contributed by atoms with E-state index in [4.69, 9.17) is 16.3 Å². The average Bonchev–Trinajstić information content (AvgIpc) is 3.23. The number of anilines is 1. The lowest BCUT2D eigenvalue weighted by atomic mass is 10.1. The fourth-order valence-electron chi connectivity index (χ4n) is 3.19. The standard InChI is InChI=1S/C23H26ClN5O3S/c1-4-29-22(15(2)25-20(30)13-16-9-11-17(32-3)12-10-16)27-28-23(29)33-14-21(31)26-19-8-6-5-7-18(19)24/h5-12,15H,4,13-14H2,1-3H3,(H,25,30)(H,26,31)/t15-/m0/s1. The quantitative estimate of drug-likeness (QED) is 0.417. The molecule has 2 aromatic carbocycles. The van der Waals surface area contributed by atoms with Crippen LogP contribution in [0.1, 0.15) is 31.3 Å². The first-order chi connectivity index (χ1) is 15.9. The highest BCUT2D eigenvalue weighted by atomic mass is 35.5. The number of aromatic nitrogens is 3. The minimum absolute atomic E-state index is 0.119. The summed E-state index contributed by atoms with van der Waals surface area (Å²) in [6.45, 7) is 4.43. The van der Waals surface area contributed by atoms with Crippen molar-refractivity contribution in [1.29, 1.82) is 0 Å². The summed E-state index contributed by atoms with van der Waals surface area (Å²) >= 11 is 7.37. The van der Waals surface area contributed by atoms with Crippen LogP contribution in [0.15, 0.2) is 53.7 Å². The number of thioether (sulfide) groups is 1. The summed E-state index contributed by atoms with van der Waals surface area (Å²) in [5, 5.41) is 15.3. The zero-order valence-corrected chi connectivity index (χ0v) is 20.2. The first-order valence-electron chi connectivity index (χ1n) is 10.4. The van der Waals surface area contributed by atoms with Crippen LogP contribution in [0.3, 0.4) is 0 Å². The molecule has 10 heteroatoms. The lowest BCUT2D eigenvalue weighted by molar-refractivity contribution is -0.121. The Labute approximate surface area is 202 Å². The largest absolute Gasteiger partial charge is 0.497 e. The lowest BCUT2D eigenvalue weighted by Crippen LogP contribution is -2.30. The molecule has 1 aromatic heterocycles. The van der Waals surface area contributed by atoms with E-state index < -0.39 is 0 Å². The Hall–Kier alpha value is -3.04. The second-order valence-electron chi connectivity index (χ2n) is 7.22. The number of benzene rings is 2. The van der Waals surface area contributed by atoms with Crippen molar-refractivity contribution >= 4 is 40.9 Å². The van der Waals surface area contributed by atoms with Gasteiger partial charge < -0.3 is 19.9 Å². The van der Waals surface area contributed by atoms with Gasteiger partial charge in [-0.05, 0) is 43.7 Å². The Bertz CT molecular complexity index is 1100. The second-order valence-corrected chi connectivity index (χ2v) is 8.57. The number of nitrogens with zero attached hydrogens (tertiary/aromatic N) is 3. The molecule has 174 valence electrons. The fraction of sp³-hybridized carbons (Fsp3) is 0.304. The van der Waals surface area contributed by atoms with Crippen molar-refractivity contribution in [2.45, 2.75) is 38.0 Å². The molecule has 0 saturated carbocycles. The summed E-state index contributed by atoms with van der Waals surface area (Å²) in [6.07, 6.45) is 0.248. The van der Waals surface area contributed by atoms with Gasteiger partial charge in [-0.25, -0.2) is 0 Å². The number of carbonyl (C=O) groups excluding carboxylic acids is 2. The number of amides is 2. The summed E-state index contributed by atoms with van der Waals surface area (Å²) in [4.78, 5) is 24.8. The van der Waals surface area contributed by atoms with Crippen LogP contribution in [0, 0.1) is 0 Å². The third-order valence-corrected chi connectivity index (χ3v) is 6.13. The third kappa shape index (κ3) is 6.72. The van der Waals surface area contributed by atoms with Gasteiger partial charge in [-0.1, -0.05) is 47.6 Å². The van der Waals surface area contributed by atoms with Crippen molar-refractivity contribution < 1.29 is 14.3 Å². The predicted octanol–water partition coefficient (Wildman–Crippen LogP) is 4.11. The van der Waals surface area contributed by atoms with Crippen LogP contribution in [0.2, 0.25) is 5.02 Å². The number of methoxy groups -OCH3 is 1. The van der Waals surface area contributed by atoms with Crippen LogP contribution in [0.4, 0.5) is 5.69 Å². The maximum Gasteiger partial charge on any atom is 0.234 e. The zero-order valence-electron chi connectivity index (χ0n) is 18.7. The van der Waals surface area contributed by atoms with E-state index in [0.29, 0.717) is 28.2 Å². The first-order valence-corrected chi connectivity index (χ1v) is 11.8. The topological polar surface area (TPSA) is 98.1 Å². The van der Waals surface area contributed by atoms with E-state index in [0.717, 1.165) is 11.3 Å². The Morgan fingerprint density at radius 3 is 2.52 bits per heavy atom. The van der Waals surface area contributed by atoms with Crippen molar-refractivity contribution in [2.24, 2.45) is 0 Å². The van der Waals surface area contributed by atoms with E-state index in [1.807, 2.05) is 42.7 Å². The molecule has 0 radical (unpaired) electrons. The fourth-order valence-corrected chi connectivity index (χ4v) is 4.18. The van der Waals surface area contributed by atoms with Gasteiger partial charge in [0.1, 0.15) is 5.75 Å². The molecule has 0 spiro atoms. The van der Waals surface area contributed by atoms with Gasteiger partial charge in [-0.15, -0.1) is 10.2 Å². The van der Waals surface area contributed by atoms with Gasteiger partial charge in [0.2, 0.25) is 11.8 Å². The lowest BCUT2D eigenvalue weighted by Gasteiger charge is -2.15. The SMILES string of the molecule is CCn1c(SCC(=O)Nc2ccccc2Cl)nnc1[C@H](C)NC(=O)Cc1ccc(OC)cc1. The smallest absolute Gasteiger partial charge is 0.234 e. The molecule has 0 unspecified atom stereocenters. The van der Waals surface area contributed by atoms with Gasteiger partial charge in [-0.2, -0.15) is 0 Å². The van der Waals surface area contributed by atoms with Crippen LogP contribution < -0.4 is 15.4 Å². The summed E-state index contributed by atoms with van der Waals surface area (Å²) in [5.41, 5.74) is 1.45. The molecule has 1 heterocycles. The van der Waals surface area contributed by atoms with E-state index in [2.05, 4.69) is 20.8 Å². The minimum atomic E-state index is -0.338. The van der Waals surface area contributed by atoms with Gasteiger partial charge in [0.25, 0.3) is 0 Å². The Morgan fingerprint density at radius 1 is 1.12 bits per heavy atom. The Kier molecular flexibility index (Phi) is 8.73. The Morgan fingerprint density at radius 2 is 1.85 bits per heavy atom. The number of hydrogen-bond acceptors (Lipinski definition) is 6. The van der Waals surface area contributed by atoms with Gasteiger partial charge in [0, 0.05) is 6.54 Å². The van der Waals surface area contributed by atoms with Crippen LogP contribution >= 0.6 is 23.4 Å². The maximum atomic E-state index is 12.5. The average molecular weight is 488 g/mol. The highest BCUT2D eigenvalue weighted by Crippen LogP contribution is 2.23. The van der Waals surface area contributed by atoms with Crippen molar-refractivity contribution in [1.82, 2.24) is 20.1 Å². The van der Waals surface area contributed by atoms with Crippen LogP contribution in [0.5, 0.6) is 5.75 Å². The van der Waals surface area contributed by atoms with Crippen molar-refractivity contribution in [3.8, 4) is 5.75 Å². The maximum absolute atomic E-state index is 12.5. The first kappa shape index (κ1) is 24.6. The summed E-state index contributed by atoms with van der Waals surface area (Å²) in [5.74, 6) is 1.22. The van der Waals surface area contributed by atoms with E-state index in [1.54, 1.807) is 31.4 Å². The number of carbonyl (C=O) groups is 2. The normalized spacial score (nSPS) is 11.6. The number of hydrogen-bond donors (Lipinski definition) is 2. The minimum Gasteiger partial charge on any atom is -0.497 e. The summed E-state index contributed by atoms with van der Waals surface area (Å²) in [6, 6.07) is 14.1. The predicted molar refractivity (Wildman–Crippen MR) is 130 cm³/mol. The molecule has 0 aliphatic heterocycles. The van der Waals surface area contributed by atoms with Crippen molar-refractivity contribution in [2.75, 3.05) is 18.2 Å². The van der Waals surface area contributed by atoms with E-state index in [9.17, 15) is 9.59 Å². The molecule has 33 heavy (non-hydrogen) atoms. The Balaban J connectivity index is 1.57. The monoisotopic (exact) mass is 487 g/mol. The molecule has 2 N–H and O–H groups in total. The van der Waals surface area contributed by atoms with E-state index >= 15 is 0 Å². The number of nitrogens with one attached hydrogen (secondary N) is 2. The van der Waals surface area contributed by atoms with Crippen molar-refractivity contribution in [3.05, 3.63) is 64.9 Å². The van der Waals surface area contributed by atoms with Gasteiger partial charge >= 0.3 is 0 Å². The van der Waals surface area contributed by atoms with Crippen LogP contribution in [0.25, 0.3) is 0 Å². The molecule has 0 aliphatic rings.